The maximum Gasteiger partial charge on any atom is 0.416 e. The van der Waals surface area contributed by atoms with E-state index in [1.165, 1.54) is 0 Å². The third kappa shape index (κ3) is 5.80. The van der Waals surface area contributed by atoms with Crippen LogP contribution < -0.4 is 15.4 Å². The molecule has 28 heavy (non-hydrogen) atoms. The number of carbonyl (C=O) groups excluding carboxylic acids is 1. The smallest absolute Gasteiger partial charge is 0.416 e. The van der Waals surface area contributed by atoms with Gasteiger partial charge in [-0.3, -0.25) is 0 Å². The molecule has 4 nitrogen and oxygen atoms in total. The van der Waals surface area contributed by atoms with Gasteiger partial charge < -0.3 is 15.4 Å². The Kier molecular flexibility index (Phi) is 6.42. The fourth-order valence-electron chi connectivity index (χ4n) is 2.32. The van der Waals surface area contributed by atoms with E-state index < -0.39 is 35.2 Å². The second kappa shape index (κ2) is 8.41. The standard InChI is InChI=1S/C18H16F6N2O2/c1-2-11-5-3-4-6-15(11)28-10-25-16(27)26-14-8-12(17(19,20)21)7-13(9-14)18(22,23)24/h3-9H,2,10H2,1H3,(H2,25,26,27). The van der Waals surface area contributed by atoms with Crippen molar-refractivity contribution in [1.82, 2.24) is 5.32 Å². The molecular weight excluding hydrogens is 390 g/mol. The van der Waals surface area contributed by atoms with Gasteiger partial charge in [0.2, 0.25) is 0 Å². The zero-order valence-electron chi connectivity index (χ0n) is 14.5. The van der Waals surface area contributed by atoms with Gasteiger partial charge in [-0.1, -0.05) is 25.1 Å². The van der Waals surface area contributed by atoms with Crippen LogP contribution in [0.15, 0.2) is 42.5 Å². The fraction of sp³-hybridized carbons (Fsp3) is 0.278. The van der Waals surface area contributed by atoms with Crippen LogP contribution in [0, 0.1) is 0 Å². The van der Waals surface area contributed by atoms with Gasteiger partial charge in [-0.05, 0) is 36.2 Å². The van der Waals surface area contributed by atoms with Gasteiger partial charge in [0, 0.05) is 5.69 Å². The lowest BCUT2D eigenvalue weighted by Crippen LogP contribution is -2.32. The van der Waals surface area contributed by atoms with Crippen LogP contribution in [0.1, 0.15) is 23.6 Å². The van der Waals surface area contributed by atoms with Crippen molar-refractivity contribution in [2.45, 2.75) is 25.7 Å². The Bertz CT molecular complexity index is 801. The number of alkyl halides is 6. The molecule has 0 fully saturated rings. The highest BCUT2D eigenvalue weighted by atomic mass is 19.4. The first-order valence-corrected chi connectivity index (χ1v) is 8.05. The van der Waals surface area contributed by atoms with E-state index in [1.54, 1.807) is 18.2 Å². The lowest BCUT2D eigenvalue weighted by Gasteiger charge is -2.15. The molecule has 2 rings (SSSR count). The van der Waals surface area contributed by atoms with Crippen LogP contribution in [0.3, 0.4) is 0 Å². The number of hydrogen-bond donors (Lipinski definition) is 2. The van der Waals surface area contributed by atoms with Gasteiger partial charge in [0.25, 0.3) is 0 Å². The first-order chi connectivity index (χ1) is 13.0. The number of halogens is 6. The summed E-state index contributed by atoms with van der Waals surface area (Å²) in [6, 6.07) is 6.81. The number of anilines is 1. The van der Waals surface area contributed by atoms with Gasteiger partial charge in [-0.25, -0.2) is 4.79 Å². The maximum atomic E-state index is 12.8. The van der Waals surface area contributed by atoms with Gasteiger partial charge in [0.1, 0.15) is 5.75 Å². The van der Waals surface area contributed by atoms with Crippen molar-refractivity contribution in [1.29, 1.82) is 0 Å². The average molecular weight is 406 g/mol. The summed E-state index contributed by atoms with van der Waals surface area (Å²) in [6.45, 7) is 1.57. The molecule has 0 aromatic heterocycles. The predicted octanol–water partition coefficient (Wildman–Crippen LogP) is 5.44. The molecule has 0 atom stereocenters. The van der Waals surface area contributed by atoms with Crippen molar-refractivity contribution in [3.63, 3.8) is 0 Å². The Morgan fingerprint density at radius 3 is 2.07 bits per heavy atom. The van der Waals surface area contributed by atoms with Crippen LogP contribution >= 0.6 is 0 Å². The number of nitrogens with one attached hydrogen (secondary N) is 2. The van der Waals surface area contributed by atoms with E-state index in [1.807, 2.05) is 18.3 Å². The number of urea groups is 1. The predicted molar refractivity (Wildman–Crippen MR) is 89.9 cm³/mol. The van der Waals surface area contributed by atoms with E-state index in [0.29, 0.717) is 24.3 Å². The van der Waals surface area contributed by atoms with Crippen molar-refractivity contribution in [3.05, 3.63) is 59.2 Å². The third-order valence-corrected chi connectivity index (χ3v) is 3.66. The fourth-order valence-corrected chi connectivity index (χ4v) is 2.32. The van der Waals surface area contributed by atoms with Crippen LogP contribution in [0.25, 0.3) is 0 Å². The molecule has 0 aliphatic heterocycles. The molecule has 0 heterocycles. The normalized spacial score (nSPS) is 11.8. The summed E-state index contributed by atoms with van der Waals surface area (Å²) in [5.74, 6) is 0.503. The maximum absolute atomic E-state index is 12.8. The molecule has 0 aliphatic carbocycles. The molecule has 0 aliphatic rings. The number of aryl methyl sites for hydroxylation is 1. The van der Waals surface area contributed by atoms with Crippen molar-refractivity contribution in [2.24, 2.45) is 0 Å². The van der Waals surface area contributed by atoms with Gasteiger partial charge in [-0.15, -0.1) is 0 Å². The highest BCUT2D eigenvalue weighted by Gasteiger charge is 2.37. The minimum atomic E-state index is -5.00. The van der Waals surface area contributed by atoms with Gasteiger partial charge in [0.05, 0.1) is 11.1 Å². The van der Waals surface area contributed by atoms with Gasteiger partial charge >= 0.3 is 18.4 Å². The number of rotatable bonds is 5. The molecule has 0 saturated carbocycles. The van der Waals surface area contributed by atoms with Crippen molar-refractivity contribution in [3.8, 4) is 5.75 Å². The molecule has 0 bridgehead atoms. The van der Waals surface area contributed by atoms with Crippen LogP contribution in [0.5, 0.6) is 5.75 Å². The molecule has 0 unspecified atom stereocenters. The van der Waals surface area contributed by atoms with Crippen molar-refractivity contribution >= 4 is 11.7 Å². The lowest BCUT2D eigenvalue weighted by molar-refractivity contribution is -0.143. The van der Waals surface area contributed by atoms with E-state index in [0.717, 1.165) is 5.56 Å². The molecule has 2 aromatic carbocycles. The van der Waals surface area contributed by atoms with E-state index >= 15 is 0 Å². The Morgan fingerprint density at radius 2 is 1.54 bits per heavy atom. The Hall–Kier alpha value is -2.91. The number of amides is 2. The molecule has 0 spiro atoms. The van der Waals surface area contributed by atoms with E-state index in [2.05, 4.69) is 5.32 Å². The molecule has 2 N–H and O–H groups in total. The first kappa shape index (κ1) is 21.4. The van der Waals surface area contributed by atoms with Gasteiger partial charge in [-0.2, -0.15) is 26.3 Å². The number of benzene rings is 2. The van der Waals surface area contributed by atoms with Crippen LogP contribution in [0.2, 0.25) is 0 Å². The zero-order chi connectivity index (χ0) is 20.9. The molecular formula is C18H16F6N2O2. The Morgan fingerprint density at radius 1 is 0.964 bits per heavy atom. The second-order valence-corrected chi connectivity index (χ2v) is 5.68. The Balaban J connectivity index is 2.06. The molecule has 0 saturated heterocycles. The second-order valence-electron chi connectivity index (χ2n) is 5.68. The quantitative estimate of drug-likeness (QED) is 0.513. The summed E-state index contributed by atoms with van der Waals surface area (Å²) in [7, 11) is 0. The summed E-state index contributed by atoms with van der Waals surface area (Å²) in [5, 5.41) is 4.16. The molecule has 152 valence electrons. The highest BCUT2D eigenvalue weighted by molar-refractivity contribution is 5.89. The van der Waals surface area contributed by atoms with Crippen LogP contribution in [-0.2, 0) is 18.8 Å². The van der Waals surface area contributed by atoms with Crippen molar-refractivity contribution in [2.75, 3.05) is 12.0 Å². The topological polar surface area (TPSA) is 50.4 Å². The van der Waals surface area contributed by atoms with E-state index in [4.69, 9.17) is 4.74 Å². The van der Waals surface area contributed by atoms with Crippen molar-refractivity contribution < 1.29 is 35.9 Å². The van der Waals surface area contributed by atoms with Crippen LogP contribution in [-0.4, -0.2) is 12.8 Å². The molecule has 0 radical (unpaired) electrons. The zero-order valence-corrected chi connectivity index (χ0v) is 14.5. The largest absolute Gasteiger partial charge is 0.473 e. The minimum absolute atomic E-state index is 0.0200. The molecule has 2 amide bonds. The summed E-state index contributed by atoms with van der Waals surface area (Å²) in [4.78, 5) is 11.8. The number of carbonyl (C=O) groups is 1. The Labute approximate surface area is 156 Å². The van der Waals surface area contributed by atoms with Crippen LogP contribution in [0.4, 0.5) is 36.8 Å². The van der Waals surface area contributed by atoms with Gasteiger partial charge in [0.15, 0.2) is 6.73 Å². The number of para-hydroxylation sites is 1. The summed E-state index contributed by atoms with van der Waals surface area (Å²) in [6.07, 6.45) is -9.32. The SMILES string of the molecule is CCc1ccccc1OCNC(=O)Nc1cc(C(F)(F)F)cc(C(F)(F)F)c1. The first-order valence-electron chi connectivity index (χ1n) is 8.05. The molecule has 2 aromatic rings. The van der Waals surface area contributed by atoms with E-state index in [-0.39, 0.29) is 12.8 Å². The third-order valence-electron chi connectivity index (χ3n) is 3.66. The summed E-state index contributed by atoms with van der Waals surface area (Å²) < 4.78 is 82.3. The average Bonchev–Trinajstić information content (AvgIpc) is 2.60. The van der Waals surface area contributed by atoms with E-state index in [9.17, 15) is 31.1 Å². The summed E-state index contributed by atoms with van der Waals surface area (Å²) in [5.41, 5.74) is -2.82. The monoisotopic (exact) mass is 406 g/mol. The molecule has 10 heteroatoms. The number of ether oxygens (including phenoxy) is 1. The highest BCUT2D eigenvalue weighted by Crippen LogP contribution is 2.37. The lowest BCUT2D eigenvalue weighted by atomic mass is 10.1. The summed E-state index contributed by atoms with van der Waals surface area (Å²) >= 11 is 0. The minimum Gasteiger partial charge on any atom is -0.473 e. The number of hydrogen-bond acceptors (Lipinski definition) is 2.